The second-order valence-electron chi connectivity index (χ2n) is 4.85. The molecule has 1 heteroatoms. The van der Waals surface area contributed by atoms with Crippen LogP contribution in [0.4, 0.5) is 0 Å². The molecular weight excluding hydrogens is 146 g/mol. The average Bonchev–Trinajstić information content (AvgIpc) is 2.00. The molecule has 1 atom stereocenters. The molecule has 0 fully saturated rings. The van der Waals surface area contributed by atoms with Crippen molar-refractivity contribution in [3.63, 3.8) is 0 Å². The average molecular weight is 171 g/mol. The van der Waals surface area contributed by atoms with Crippen molar-refractivity contribution in [1.29, 1.82) is 0 Å². The predicted octanol–water partition coefficient (Wildman–Crippen LogP) is 3.19. The highest BCUT2D eigenvalue weighted by molar-refractivity contribution is 4.74. The summed E-state index contributed by atoms with van der Waals surface area (Å²) in [5.74, 6) is 0.751. The summed E-state index contributed by atoms with van der Waals surface area (Å²) in [6, 6.07) is 0.406. The largest absolute Gasteiger partial charge is 0.328 e. The van der Waals surface area contributed by atoms with E-state index >= 15 is 0 Å². The van der Waals surface area contributed by atoms with Gasteiger partial charge in [0.2, 0.25) is 0 Å². The summed E-state index contributed by atoms with van der Waals surface area (Å²) in [5.41, 5.74) is 6.33. The normalized spacial score (nSPS) is 15.2. The topological polar surface area (TPSA) is 26.0 Å². The van der Waals surface area contributed by atoms with Gasteiger partial charge in [-0.2, -0.15) is 0 Å². The fourth-order valence-electron chi connectivity index (χ4n) is 1.05. The van der Waals surface area contributed by atoms with Crippen molar-refractivity contribution in [1.82, 2.24) is 0 Å². The maximum absolute atomic E-state index is 5.88. The quantitative estimate of drug-likeness (QED) is 0.675. The molecule has 0 aromatic heterocycles. The van der Waals surface area contributed by atoms with Crippen LogP contribution in [0.2, 0.25) is 0 Å². The molecule has 0 radical (unpaired) electrons. The molecule has 0 amide bonds. The van der Waals surface area contributed by atoms with Crippen LogP contribution in [0.25, 0.3) is 0 Å². The fraction of sp³-hybridized carbons (Fsp3) is 1.00. The summed E-state index contributed by atoms with van der Waals surface area (Å²) < 4.78 is 0. The Kier molecular flexibility index (Phi) is 4.84. The van der Waals surface area contributed by atoms with E-state index in [1.807, 2.05) is 0 Å². The van der Waals surface area contributed by atoms with Crippen LogP contribution in [0.3, 0.4) is 0 Å². The third-order valence-corrected chi connectivity index (χ3v) is 3.25. The van der Waals surface area contributed by atoms with Crippen LogP contribution >= 0.6 is 0 Å². The lowest BCUT2D eigenvalue weighted by molar-refractivity contribution is 0.216. The highest BCUT2D eigenvalue weighted by atomic mass is 14.6. The van der Waals surface area contributed by atoms with Crippen molar-refractivity contribution in [2.75, 3.05) is 0 Å². The second-order valence-corrected chi connectivity index (χ2v) is 4.85. The van der Waals surface area contributed by atoms with Crippen LogP contribution in [0.15, 0.2) is 0 Å². The first-order valence-corrected chi connectivity index (χ1v) is 5.15. The molecular formula is C11H25N. The van der Waals surface area contributed by atoms with Crippen molar-refractivity contribution < 1.29 is 0 Å². The van der Waals surface area contributed by atoms with Crippen molar-refractivity contribution in [2.24, 2.45) is 17.1 Å². The van der Waals surface area contributed by atoms with Gasteiger partial charge in [0.05, 0.1) is 0 Å². The Hall–Kier alpha value is -0.0400. The van der Waals surface area contributed by atoms with Gasteiger partial charge < -0.3 is 5.73 Å². The Morgan fingerprint density at radius 1 is 1.25 bits per heavy atom. The lowest BCUT2D eigenvalue weighted by Gasteiger charge is -2.30. The second kappa shape index (κ2) is 4.86. The molecule has 0 rings (SSSR count). The van der Waals surface area contributed by atoms with Gasteiger partial charge in [-0.25, -0.2) is 0 Å². The fourth-order valence-corrected chi connectivity index (χ4v) is 1.05. The lowest BCUT2D eigenvalue weighted by atomic mass is 9.76. The van der Waals surface area contributed by atoms with Crippen LogP contribution in [0.1, 0.15) is 53.9 Å². The van der Waals surface area contributed by atoms with Crippen LogP contribution in [-0.4, -0.2) is 6.04 Å². The van der Waals surface area contributed by atoms with Gasteiger partial charge in [-0.15, -0.1) is 0 Å². The maximum atomic E-state index is 5.88. The highest BCUT2D eigenvalue weighted by Gasteiger charge is 2.22. The molecule has 0 spiro atoms. The van der Waals surface area contributed by atoms with Crippen LogP contribution < -0.4 is 5.73 Å². The van der Waals surface area contributed by atoms with Crippen molar-refractivity contribution in [2.45, 2.75) is 59.9 Å². The zero-order chi connectivity index (χ0) is 9.78. The zero-order valence-corrected chi connectivity index (χ0v) is 9.35. The van der Waals surface area contributed by atoms with E-state index in [-0.39, 0.29) is 0 Å². The third kappa shape index (κ3) is 4.10. The predicted molar refractivity (Wildman–Crippen MR) is 56.1 cm³/mol. The van der Waals surface area contributed by atoms with Gasteiger partial charge in [-0.3, -0.25) is 0 Å². The summed E-state index contributed by atoms with van der Waals surface area (Å²) in [6.07, 6.45) is 3.52. The first kappa shape index (κ1) is 12.0. The summed E-state index contributed by atoms with van der Waals surface area (Å²) >= 11 is 0. The molecule has 0 aliphatic heterocycles. The molecule has 0 aromatic rings. The van der Waals surface area contributed by atoms with Crippen molar-refractivity contribution in [3.8, 4) is 0 Å². The number of nitrogens with two attached hydrogens (primary N) is 1. The van der Waals surface area contributed by atoms with Gasteiger partial charge in [-0.1, -0.05) is 34.6 Å². The Bertz CT molecular complexity index is 116. The summed E-state index contributed by atoms with van der Waals surface area (Å²) in [7, 11) is 0. The number of hydrogen-bond acceptors (Lipinski definition) is 1. The van der Waals surface area contributed by atoms with E-state index in [1.165, 1.54) is 12.8 Å². The van der Waals surface area contributed by atoms with Crippen molar-refractivity contribution in [3.05, 3.63) is 0 Å². The van der Waals surface area contributed by atoms with E-state index in [0.29, 0.717) is 11.5 Å². The van der Waals surface area contributed by atoms with E-state index in [2.05, 4.69) is 34.6 Å². The highest BCUT2D eigenvalue weighted by Crippen LogP contribution is 2.31. The van der Waals surface area contributed by atoms with Crippen LogP contribution in [0.5, 0.6) is 0 Å². The molecule has 2 N–H and O–H groups in total. The molecule has 0 heterocycles. The van der Waals surface area contributed by atoms with Crippen molar-refractivity contribution >= 4 is 0 Å². The zero-order valence-electron chi connectivity index (χ0n) is 9.35. The first-order chi connectivity index (χ1) is 5.40. The van der Waals surface area contributed by atoms with Crippen LogP contribution in [0, 0.1) is 11.3 Å². The Balaban J connectivity index is 3.75. The molecule has 0 bridgehead atoms. The molecule has 0 saturated carbocycles. The molecule has 0 aliphatic carbocycles. The van der Waals surface area contributed by atoms with Gasteiger partial charge >= 0.3 is 0 Å². The molecule has 0 aliphatic rings. The Morgan fingerprint density at radius 3 is 2.08 bits per heavy atom. The lowest BCUT2D eigenvalue weighted by Crippen LogP contribution is -2.25. The minimum atomic E-state index is 0.406. The SMILES string of the molecule is CCC(N)CCC(C)(C)C(C)C. The molecule has 74 valence electrons. The molecule has 1 unspecified atom stereocenters. The monoisotopic (exact) mass is 171 g/mol. The Labute approximate surface area is 77.7 Å². The third-order valence-electron chi connectivity index (χ3n) is 3.25. The van der Waals surface area contributed by atoms with E-state index < -0.39 is 0 Å². The minimum absolute atomic E-state index is 0.406. The smallest absolute Gasteiger partial charge is 0.00364 e. The van der Waals surface area contributed by atoms with E-state index in [4.69, 9.17) is 5.73 Å². The maximum Gasteiger partial charge on any atom is 0.00364 e. The molecule has 12 heavy (non-hydrogen) atoms. The number of hydrogen-bond donors (Lipinski definition) is 1. The number of rotatable bonds is 5. The molecule has 0 aromatic carbocycles. The standard InChI is InChI=1S/C11H25N/c1-6-10(12)7-8-11(4,5)9(2)3/h9-10H,6-8,12H2,1-5H3. The first-order valence-electron chi connectivity index (χ1n) is 5.15. The van der Waals surface area contributed by atoms with Gasteiger partial charge in [0.1, 0.15) is 0 Å². The summed E-state index contributed by atoms with van der Waals surface area (Å²) in [6.45, 7) is 11.4. The summed E-state index contributed by atoms with van der Waals surface area (Å²) in [4.78, 5) is 0. The van der Waals surface area contributed by atoms with Crippen LogP contribution in [-0.2, 0) is 0 Å². The van der Waals surface area contributed by atoms with Gasteiger partial charge in [0, 0.05) is 6.04 Å². The molecule has 1 nitrogen and oxygen atoms in total. The van der Waals surface area contributed by atoms with Gasteiger partial charge in [-0.05, 0) is 30.6 Å². The van der Waals surface area contributed by atoms with Gasteiger partial charge in [0.15, 0.2) is 0 Å². The summed E-state index contributed by atoms with van der Waals surface area (Å²) in [5, 5.41) is 0. The molecule has 0 saturated heterocycles. The Morgan fingerprint density at radius 2 is 1.75 bits per heavy atom. The van der Waals surface area contributed by atoms with E-state index in [0.717, 1.165) is 12.3 Å². The van der Waals surface area contributed by atoms with Gasteiger partial charge in [0.25, 0.3) is 0 Å². The van der Waals surface area contributed by atoms with E-state index in [9.17, 15) is 0 Å². The minimum Gasteiger partial charge on any atom is -0.328 e. The van der Waals surface area contributed by atoms with E-state index in [1.54, 1.807) is 0 Å².